The van der Waals surface area contributed by atoms with Crippen molar-refractivity contribution < 1.29 is 12.8 Å². The summed E-state index contributed by atoms with van der Waals surface area (Å²) < 4.78 is 34.5. The van der Waals surface area contributed by atoms with Crippen LogP contribution in [0.25, 0.3) is 33.7 Å². The van der Waals surface area contributed by atoms with Crippen LogP contribution < -0.4 is 0 Å². The van der Waals surface area contributed by atoms with Gasteiger partial charge in [0.25, 0.3) is 10.0 Å². The van der Waals surface area contributed by atoms with E-state index in [0.717, 1.165) is 11.1 Å². The maximum Gasteiger partial charge on any atom is 0.269 e. The third-order valence-electron chi connectivity index (χ3n) is 4.61. The summed E-state index contributed by atoms with van der Waals surface area (Å²) in [6.07, 6.45) is 7.99. The standard InChI is InChI=1S/C20H15N5O3S/c1-24-13-17(18(23-24)20-22-10-12-28-20)15-7-9-21-19-16(15)8-11-25(19)29(26,27)14-5-3-2-4-6-14/h2-13H,1H3. The van der Waals surface area contributed by atoms with Gasteiger partial charge in [-0.25, -0.2) is 22.4 Å². The second-order valence-electron chi connectivity index (χ2n) is 6.43. The molecule has 144 valence electrons. The molecule has 0 N–H and O–H groups in total. The lowest BCUT2D eigenvalue weighted by Crippen LogP contribution is -2.12. The van der Waals surface area contributed by atoms with Crippen LogP contribution in [-0.4, -0.2) is 32.1 Å². The molecule has 0 amide bonds. The Morgan fingerprint density at radius 1 is 0.966 bits per heavy atom. The molecule has 5 aromatic rings. The first-order chi connectivity index (χ1) is 14.1. The predicted molar refractivity (Wildman–Crippen MR) is 106 cm³/mol. The van der Waals surface area contributed by atoms with Gasteiger partial charge < -0.3 is 4.42 Å². The Kier molecular flexibility index (Phi) is 3.85. The van der Waals surface area contributed by atoms with Crippen molar-refractivity contribution in [2.75, 3.05) is 0 Å². The van der Waals surface area contributed by atoms with E-state index >= 15 is 0 Å². The van der Waals surface area contributed by atoms with Crippen molar-refractivity contribution in [3.63, 3.8) is 0 Å². The van der Waals surface area contributed by atoms with Crippen LogP contribution in [0.5, 0.6) is 0 Å². The van der Waals surface area contributed by atoms with Crippen LogP contribution in [-0.2, 0) is 17.1 Å². The van der Waals surface area contributed by atoms with E-state index in [1.54, 1.807) is 60.5 Å². The molecule has 0 bridgehead atoms. The van der Waals surface area contributed by atoms with Crippen LogP contribution in [0, 0.1) is 0 Å². The van der Waals surface area contributed by atoms with Crippen LogP contribution in [0.3, 0.4) is 0 Å². The van der Waals surface area contributed by atoms with Crippen molar-refractivity contribution in [3.8, 4) is 22.7 Å². The van der Waals surface area contributed by atoms with Crippen LogP contribution in [0.15, 0.2) is 82.8 Å². The molecular formula is C20H15N5O3S. The van der Waals surface area contributed by atoms with E-state index in [1.807, 2.05) is 12.3 Å². The average molecular weight is 405 g/mol. The highest BCUT2D eigenvalue weighted by Crippen LogP contribution is 2.35. The Morgan fingerprint density at radius 2 is 1.79 bits per heavy atom. The smallest absolute Gasteiger partial charge is 0.269 e. The van der Waals surface area contributed by atoms with Crippen molar-refractivity contribution in [2.24, 2.45) is 7.05 Å². The van der Waals surface area contributed by atoms with Crippen LogP contribution in [0.1, 0.15) is 0 Å². The molecule has 0 unspecified atom stereocenters. The minimum absolute atomic E-state index is 0.201. The fraction of sp³-hybridized carbons (Fsp3) is 0.0500. The quantitative estimate of drug-likeness (QED) is 0.455. The molecule has 0 saturated heterocycles. The van der Waals surface area contributed by atoms with E-state index in [-0.39, 0.29) is 4.90 Å². The van der Waals surface area contributed by atoms with Gasteiger partial charge in [-0.3, -0.25) is 4.68 Å². The maximum absolute atomic E-state index is 13.1. The number of nitrogens with zero attached hydrogens (tertiary/aromatic N) is 5. The molecule has 29 heavy (non-hydrogen) atoms. The van der Waals surface area contributed by atoms with Gasteiger partial charge in [0.2, 0.25) is 5.89 Å². The van der Waals surface area contributed by atoms with Crippen LogP contribution in [0.2, 0.25) is 0 Å². The first-order valence-electron chi connectivity index (χ1n) is 8.76. The van der Waals surface area contributed by atoms with E-state index in [0.29, 0.717) is 22.6 Å². The average Bonchev–Trinajstić information content (AvgIpc) is 3.47. The summed E-state index contributed by atoms with van der Waals surface area (Å²) >= 11 is 0. The number of pyridine rings is 1. The highest BCUT2D eigenvalue weighted by Gasteiger charge is 2.23. The van der Waals surface area contributed by atoms with Gasteiger partial charge in [0.15, 0.2) is 11.3 Å². The summed E-state index contributed by atoms with van der Waals surface area (Å²) in [5.74, 6) is 0.391. The van der Waals surface area contributed by atoms with Crippen molar-refractivity contribution in [1.29, 1.82) is 0 Å². The van der Waals surface area contributed by atoms with Crippen LogP contribution in [0.4, 0.5) is 0 Å². The Hall–Kier alpha value is -3.72. The van der Waals surface area contributed by atoms with E-state index in [1.165, 1.54) is 16.4 Å². The van der Waals surface area contributed by atoms with Gasteiger partial charge in [-0.15, -0.1) is 0 Å². The molecule has 0 fully saturated rings. The molecule has 4 aromatic heterocycles. The second kappa shape index (κ2) is 6.42. The zero-order valence-electron chi connectivity index (χ0n) is 15.3. The molecule has 0 atom stereocenters. The highest BCUT2D eigenvalue weighted by molar-refractivity contribution is 7.90. The van der Waals surface area contributed by atoms with Gasteiger partial charge in [-0.1, -0.05) is 18.2 Å². The zero-order valence-corrected chi connectivity index (χ0v) is 16.1. The van der Waals surface area contributed by atoms with Gasteiger partial charge in [-0.05, 0) is 29.8 Å². The maximum atomic E-state index is 13.1. The van der Waals surface area contributed by atoms with Gasteiger partial charge in [-0.2, -0.15) is 5.10 Å². The number of rotatable bonds is 4. The van der Waals surface area contributed by atoms with Crippen molar-refractivity contribution >= 4 is 21.1 Å². The van der Waals surface area contributed by atoms with E-state index in [9.17, 15) is 8.42 Å². The molecule has 5 rings (SSSR count). The van der Waals surface area contributed by atoms with E-state index in [4.69, 9.17) is 4.42 Å². The SMILES string of the molecule is Cn1cc(-c2ccnc3c2ccn3S(=O)(=O)c2ccccc2)c(-c2ncco2)n1. The fourth-order valence-corrected chi connectivity index (χ4v) is 4.66. The molecular weight excluding hydrogens is 390 g/mol. The molecule has 8 nitrogen and oxygen atoms in total. The fourth-order valence-electron chi connectivity index (χ4n) is 3.33. The lowest BCUT2D eigenvalue weighted by molar-refractivity contribution is 0.570. The number of hydrogen-bond acceptors (Lipinski definition) is 6. The van der Waals surface area contributed by atoms with Crippen molar-refractivity contribution in [3.05, 3.63) is 73.5 Å². The topological polar surface area (TPSA) is 95.8 Å². The monoisotopic (exact) mass is 405 g/mol. The zero-order chi connectivity index (χ0) is 20.0. The minimum Gasteiger partial charge on any atom is -0.443 e. The molecule has 0 saturated carbocycles. The molecule has 0 spiro atoms. The van der Waals surface area contributed by atoms with Gasteiger partial charge >= 0.3 is 0 Å². The molecule has 0 aliphatic carbocycles. The number of benzene rings is 1. The largest absolute Gasteiger partial charge is 0.443 e. The lowest BCUT2D eigenvalue weighted by atomic mass is 10.0. The number of fused-ring (bicyclic) bond motifs is 1. The van der Waals surface area contributed by atoms with Gasteiger partial charge in [0, 0.05) is 36.6 Å². The van der Waals surface area contributed by atoms with Gasteiger partial charge in [0.05, 0.1) is 11.1 Å². The summed E-state index contributed by atoms with van der Waals surface area (Å²) in [5, 5.41) is 5.14. The number of aromatic nitrogens is 5. The summed E-state index contributed by atoms with van der Waals surface area (Å²) in [7, 11) is -1.96. The Balaban J connectivity index is 1.72. The second-order valence-corrected chi connectivity index (χ2v) is 8.24. The Morgan fingerprint density at radius 3 is 2.55 bits per heavy atom. The van der Waals surface area contributed by atoms with Crippen LogP contribution >= 0.6 is 0 Å². The summed E-state index contributed by atoms with van der Waals surface area (Å²) in [6.45, 7) is 0. The number of oxazole rings is 1. The number of aryl methyl sites for hydroxylation is 1. The Labute approximate surface area is 166 Å². The van der Waals surface area contributed by atoms with E-state index < -0.39 is 10.0 Å². The van der Waals surface area contributed by atoms with Crippen molar-refractivity contribution in [2.45, 2.75) is 4.90 Å². The number of hydrogen-bond donors (Lipinski definition) is 0. The predicted octanol–water partition coefficient (Wildman–Crippen LogP) is 3.33. The van der Waals surface area contributed by atoms with Gasteiger partial charge in [0.1, 0.15) is 6.26 Å². The first kappa shape index (κ1) is 17.4. The Bertz CT molecular complexity index is 1420. The third-order valence-corrected chi connectivity index (χ3v) is 6.29. The highest BCUT2D eigenvalue weighted by atomic mass is 32.2. The van der Waals surface area contributed by atoms with Crippen molar-refractivity contribution in [1.82, 2.24) is 23.7 Å². The third kappa shape index (κ3) is 2.74. The molecule has 4 heterocycles. The molecule has 0 aliphatic rings. The summed E-state index contributed by atoms with van der Waals surface area (Å²) in [6, 6.07) is 11.8. The minimum atomic E-state index is -3.77. The summed E-state index contributed by atoms with van der Waals surface area (Å²) in [4.78, 5) is 8.73. The normalized spacial score (nSPS) is 11.9. The summed E-state index contributed by atoms with van der Waals surface area (Å²) in [5.41, 5.74) is 2.48. The molecule has 1 aromatic carbocycles. The lowest BCUT2D eigenvalue weighted by Gasteiger charge is -2.08. The molecule has 0 aliphatic heterocycles. The first-order valence-corrected chi connectivity index (χ1v) is 10.2. The molecule has 0 radical (unpaired) electrons. The molecule has 9 heteroatoms. The van der Waals surface area contributed by atoms with E-state index in [2.05, 4.69) is 15.1 Å².